The van der Waals surface area contributed by atoms with Crippen LogP contribution in [0, 0.1) is 23.7 Å². The van der Waals surface area contributed by atoms with Gasteiger partial charge in [0.25, 0.3) is 0 Å². The van der Waals surface area contributed by atoms with Gasteiger partial charge in [-0.05, 0) is 13.8 Å². The average Bonchev–Trinajstić information content (AvgIpc) is 3.01. The standard InChI is InChI=1S/C16H15N3O2.C15H12N2O2/c1-3-4-10-21-15-11-14(17-12-18-15)16(19-20-2)13-8-6-5-7-9-13;1-2-3-9-19-14-10-13(16-11-17-14)15(18)12-7-5-4-6-8-12/h5-9,11-12H,10H2,1-2H3;4-8,10-11H,9H2,1H3/b19-16+;. The maximum atomic E-state index is 12.2. The summed E-state index contributed by atoms with van der Waals surface area (Å²) in [5.74, 6) is 11.7. The molecule has 0 bridgehead atoms. The van der Waals surface area contributed by atoms with Gasteiger partial charge in [0.05, 0.1) is 5.69 Å². The van der Waals surface area contributed by atoms with Gasteiger partial charge < -0.3 is 14.3 Å². The van der Waals surface area contributed by atoms with E-state index in [-0.39, 0.29) is 19.0 Å². The van der Waals surface area contributed by atoms with Crippen LogP contribution >= 0.6 is 0 Å². The van der Waals surface area contributed by atoms with Crippen LogP contribution in [0.2, 0.25) is 0 Å². The molecule has 2 aromatic heterocycles. The molecule has 0 atom stereocenters. The van der Waals surface area contributed by atoms with E-state index >= 15 is 0 Å². The SMILES string of the molecule is CC#CCOc1cc(/C(=N/OC)c2ccccc2)ncn1.CC#CCOc1cc(C(=O)c2ccccc2)ncn1. The van der Waals surface area contributed by atoms with Crippen molar-refractivity contribution in [2.75, 3.05) is 20.3 Å². The zero-order valence-corrected chi connectivity index (χ0v) is 22.4. The molecule has 0 N–H and O–H groups in total. The number of carbonyl (C=O) groups excluding carboxylic acids is 1. The highest BCUT2D eigenvalue weighted by Gasteiger charge is 2.12. The van der Waals surface area contributed by atoms with Gasteiger partial charge in [0.1, 0.15) is 31.2 Å². The number of hydrogen-bond donors (Lipinski definition) is 0. The Hall–Kier alpha value is -5.54. The summed E-state index contributed by atoms with van der Waals surface area (Å²) in [4.78, 5) is 33.2. The Kier molecular flexibility index (Phi) is 11.9. The molecule has 0 saturated heterocycles. The average molecular weight is 534 g/mol. The fraction of sp³-hybridized carbons (Fsp3) is 0.161. The van der Waals surface area contributed by atoms with Gasteiger partial charge in [0.15, 0.2) is 13.2 Å². The number of ketones is 1. The van der Waals surface area contributed by atoms with Gasteiger partial charge in [-0.3, -0.25) is 4.79 Å². The fourth-order valence-corrected chi connectivity index (χ4v) is 3.13. The molecule has 0 unspecified atom stereocenters. The van der Waals surface area contributed by atoms with Crippen molar-refractivity contribution in [1.82, 2.24) is 19.9 Å². The third kappa shape index (κ3) is 9.09. The quantitative estimate of drug-likeness (QED) is 0.135. The van der Waals surface area contributed by atoms with E-state index in [2.05, 4.69) is 48.8 Å². The molecular formula is C31H27N5O4. The zero-order chi connectivity index (χ0) is 28.4. The monoisotopic (exact) mass is 533 g/mol. The van der Waals surface area contributed by atoms with Crippen molar-refractivity contribution in [2.24, 2.45) is 5.16 Å². The van der Waals surface area contributed by atoms with Gasteiger partial charge in [-0.1, -0.05) is 77.7 Å². The van der Waals surface area contributed by atoms with Crippen molar-refractivity contribution in [3.63, 3.8) is 0 Å². The number of rotatable bonds is 9. The van der Waals surface area contributed by atoms with Crippen LogP contribution in [0.3, 0.4) is 0 Å². The highest BCUT2D eigenvalue weighted by Crippen LogP contribution is 2.14. The molecule has 0 radical (unpaired) electrons. The molecule has 9 nitrogen and oxygen atoms in total. The lowest BCUT2D eigenvalue weighted by molar-refractivity contribution is 0.103. The molecule has 0 aliphatic carbocycles. The first-order valence-corrected chi connectivity index (χ1v) is 12.1. The van der Waals surface area contributed by atoms with Crippen molar-refractivity contribution >= 4 is 11.5 Å². The summed E-state index contributed by atoms with van der Waals surface area (Å²) in [6.45, 7) is 4.02. The van der Waals surface area contributed by atoms with Crippen LogP contribution in [0.1, 0.15) is 41.2 Å². The predicted molar refractivity (Wildman–Crippen MR) is 151 cm³/mol. The first-order chi connectivity index (χ1) is 19.7. The minimum absolute atomic E-state index is 0.158. The third-order valence-electron chi connectivity index (χ3n) is 4.96. The Morgan fingerprint density at radius 1 is 0.725 bits per heavy atom. The molecule has 0 saturated carbocycles. The van der Waals surface area contributed by atoms with Crippen LogP contribution < -0.4 is 9.47 Å². The molecule has 2 heterocycles. The number of hydrogen-bond acceptors (Lipinski definition) is 9. The number of benzene rings is 2. The number of ether oxygens (including phenoxy) is 2. The number of carbonyl (C=O) groups is 1. The Morgan fingerprint density at radius 3 is 1.75 bits per heavy atom. The molecular weight excluding hydrogens is 506 g/mol. The van der Waals surface area contributed by atoms with Gasteiger partial charge in [-0.15, -0.1) is 11.8 Å². The van der Waals surface area contributed by atoms with Crippen molar-refractivity contribution in [1.29, 1.82) is 0 Å². The molecule has 0 amide bonds. The molecule has 200 valence electrons. The number of oxime groups is 1. The fourth-order valence-electron chi connectivity index (χ4n) is 3.13. The van der Waals surface area contributed by atoms with Gasteiger partial charge in [-0.25, -0.2) is 19.9 Å². The molecule has 2 aromatic carbocycles. The van der Waals surface area contributed by atoms with Crippen LogP contribution in [-0.2, 0) is 4.84 Å². The van der Waals surface area contributed by atoms with E-state index in [0.29, 0.717) is 34.4 Å². The van der Waals surface area contributed by atoms with Gasteiger partial charge in [-0.2, -0.15) is 0 Å². The maximum Gasteiger partial charge on any atom is 0.218 e. The van der Waals surface area contributed by atoms with E-state index in [1.54, 1.807) is 32.0 Å². The predicted octanol–water partition coefficient (Wildman–Crippen LogP) is 4.39. The van der Waals surface area contributed by atoms with Crippen molar-refractivity contribution in [3.05, 3.63) is 108 Å². The molecule has 0 aliphatic rings. The van der Waals surface area contributed by atoms with Crippen molar-refractivity contribution < 1.29 is 19.1 Å². The Bertz CT molecular complexity index is 1540. The third-order valence-corrected chi connectivity index (χ3v) is 4.96. The van der Waals surface area contributed by atoms with E-state index in [9.17, 15) is 4.79 Å². The van der Waals surface area contributed by atoms with E-state index in [4.69, 9.17) is 14.3 Å². The summed E-state index contributed by atoms with van der Waals surface area (Å²) in [6.07, 6.45) is 2.74. The smallest absolute Gasteiger partial charge is 0.218 e. The van der Waals surface area contributed by atoms with Gasteiger partial charge in [0.2, 0.25) is 17.5 Å². The number of nitrogens with zero attached hydrogens (tertiary/aromatic N) is 5. The first kappa shape index (κ1) is 29.0. The second kappa shape index (κ2) is 16.3. The Labute approximate surface area is 233 Å². The lowest BCUT2D eigenvalue weighted by Crippen LogP contribution is -2.08. The van der Waals surface area contributed by atoms with E-state index in [1.807, 2.05) is 48.5 Å². The highest BCUT2D eigenvalue weighted by atomic mass is 16.6. The van der Waals surface area contributed by atoms with E-state index in [0.717, 1.165) is 5.56 Å². The molecule has 9 heteroatoms. The molecule has 40 heavy (non-hydrogen) atoms. The lowest BCUT2D eigenvalue weighted by atomic mass is 10.1. The van der Waals surface area contributed by atoms with Crippen LogP contribution in [0.25, 0.3) is 0 Å². The van der Waals surface area contributed by atoms with Crippen molar-refractivity contribution in [3.8, 4) is 35.4 Å². The normalized spacial score (nSPS) is 9.93. The Balaban J connectivity index is 0.000000222. The van der Waals surface area contributed by atoms with Crippen LogP contribution in [-0.4, -0.2) is 51.8 Å². The van der Waals surface area contributed by atoms with Gasteiger partial charge in [0, 0.05) is 23.3 Å². The molecule has 4 aromatic rings. The first-order valence-electron chi connectivity index (χ1n) is 12.1. The van der Waals surface area contributed by atoms with Crippen LogP contribution in [0.5, 0.6) is 11.8 Å². The maximum absolute atomic E-state index is 12.2. The highest BCUT2D eigenvalue weighted by molar-refractivity contribution is 6.11. The second-order valence-corrected chi connectivity index (χ2v) is 7.60. The molecule has 0 spiro atoms. The summed E-state index contributed by atoms with van der Waals surface area (Å²) in [7, 11) is 1.50. The van der Waals surface area contributed by atoms with E-state index < -0.39 is 0 Å². The zero-order valence-electron chi connectivity index (χ0n) is 22.4. The number of aromatic nitrogens is 4. The topological polar surface area (TPSA) is 109 Å². The van der Waals surface area contributed by atoms with E-state index in [1.165, 1.54) is 25.8 Å². The minimum atomic E-state index is -0.158. The summed E-state index contributed by atoms with van der Waals surface area (Å²) in [5.41, 5.74) is 3.03. The largest absolute Gasteiger partial charge is 0.464 e. The van der Waals surface area contributed by atoms with Crippen LogP contribution in [0.4, 0.5) is 0 Å². The molecule has 0 fully saturated rings. The van der Waals surface area contributed by atoms with Crippen molar-refractivity contribution in [2.45, 2.75) is 13.8 Å². The summed E-state index contributed by atoms with van der Waals surface area (Å²) in [6, 6.07) is 21.8. The summed E-state index contributed by atoms with van der Waals surface area (Å²) < 4.78 is 10.7. The Morgan fingerprint density at radius 2 is 1.23 bits per heavy atom. The molecule has 4 rings (SSSR count). The van der Waals surface area contributed by atoms with Gasteiger partial charge >= 0.3 is 0 Å². The molecule has 0 aliphatic heterocycles. The summed E-state index contributed by atoms with van der Waals surface area (Å²) in [5, 5.41) is 4.05. The minimum Gasteiger partial charge on any atom is -0.464 e. The van der Waals surface area contributed by atoms with Crippen LogP contribution in [0.15, 0.2) is 90.6 Å². The summed E-state index contributed by atoms with van der Waals surface area (Å²) >= 11 is 0. The second-order valence-electron chi connectivity index (χ2n) is 7.60. The lowest BCUT2D eigenvalue weighted by Gasteiger charge is -2.07.